The van der Waals surface area contributed by atoms with Crippen LogP contribution in [-0.4, -0.2) is 53.0 Å². The Morgan fingerprint density at radius 3 is 2.74 bits per heavy atom. The fourth-order valence-electron chi connectivity index (χ4n) is 3.60. The number of benzene rings is 1. The van der Waals surface area contributed by atoms with E-state index in [1.807, 2.05) is 17.9 Å². The second-order valence-electron chi connectivity index (χ2n) is 7.47. The molecule has 3 N–H and O–H groups in total. The molecular formula is C21H23F3N4O3. The van der Waals surface area contributed by atoms with E-state index >= 15 is 0 Å². The molecule has 0 radical (unpaired) electrons. The summed E-state index contributed by atoms with van der Waals surface area (Å²) in [6, 6.07) is 6.00. The first-order valence-electron chi connectivity index (χ1n) is 9.73. The van der Waals surface area contributed by atoms with Gasteiger partial charge in [-0.15, -0.1) is 0 Å². The first kappa shape index (κ1) is 22.7. The van der Waals surface area contributed by atoms with Crippen LogP contribution in [0.5, 0.6) is 0 Å². The average Bonchev–Trinajstić information content (AvgIpc) is 2.71. The molecule has 1 atom stereocenters. The van der Waals surface area contributed by atoms with E-state index in [0.717, 1.165) is 23.4 Å². The minimum absolute atomic E-state index is 0.0481. The molecule has 0 saturated heterocycles. The zero-order valence-corrected chi connectivity index (χ0v) is 16.9. The molecule has 1 aliphatic rings. The SMILES string of the molecule is CC1CN(CC(=O)NCCO)Cc2cc(C(=O)Nc3cncc(C(F)(F)F)c3)ccc21. The molecule has 7 nitrogen and oxygen atoms in total. The first-order valence-corrected chi connectivity index (χ1v) is 9.73. The van der Waals surface area contributed by atoms with Gasteiger partial charge in [0.15, 0.2) is 0 Å². The molecule has 166 valence electrons. The van der Waals surface area contributed by atoms with E-state index in [1.165, 1.54) is 0 Å². The number of amides is 2. The highest BCUT2D eigenvalue weighted by molar-refractivity contribution is 6.04. The highest BCUT2D eigenvalue weighted by atomic mass is 19.4. The van der Waals surface area contributed by atoms with Gasteiger partial charge in [-0.2, -0.15) is 13.2 Å². The smallest absolute Gasteiger partial charge is 0.395 e. The summed E-state index contributed by atoms with van der Waals surface area (Å²) in [5.74, 6) is -0.607. The van der Waals surface area contributed by atoms with E-state index in [4.69, 9.17) is 5.11 Å². The number of carbonyl (C=O) groups excluding carboxylic acids is 2. The summed E-state index contributed by atoms with van der Waals surface area (Å²) in [5, 5.41) is 13.9. The van der Waals surface area contributed by atoms with Gasteiger partial charge in [0.1, 0.15) is 0 Å². The Morgan fingerprint density at radius 2 is 2.03 bits per heavy atom. The van der Waals surface area contributed by atoms with Crippen LogP contribution in [0.15, 0.2) is 36.7 Å². The Labute approximate surface area is 177 Å². The summed E-state index contributed by atoms with van der Waals surface area (Å²) in [4.78, 5) is 30.0. The highest BCUT2D eigenvalue weighted by Gasteiger charge is 2.31. The summed E-state index contributed by atoms with van der Waals surface area (Å²) in [6.07, 6.45) is -2.70. The van der Waals surface area contributed by atoms with E-state index in [-0.39, 0.29) is 37.2 Å². The van der Waals surface area contributed by atoms with Crippen molar-refractivity contribution >= 4 is 17.5 Å². The molecule has 0 saturated carbocycles. The number of carbonyl (C=O) groups is 2. The third-order valence-corrected chi connectivity index (χ3v) is 4.99. The first-order chi connectivity index (χ1) is 14.7. The molecule has 0 spiro atoms. The van der Waals surface area contributed by atoms with E-state index < -0.39 is 17.6 Å². The van der Waals surface area contributed by atoms with Gasteiger partial charge in [0, 0.05) is 31.4 Å². The normalized spacial score (nSPS) is 16.5. The molecule has 3 rings (SSSR count). The third kappa shape index (κ3) is 5.80. The number of pyridine rings is 1. The quantitative estimate of drug-likeness (QED) is 0.647. The van der Waals surface area contributed by atoms with Crippen molar-refractivity contribution < 1.29 is 27.9 Å². The van der Waals surface area contributed by atoms with Crippen LogP contribution < -0.4 is 10.6 Å². The van der Waals surface area contributed by atoms with E-state index in [1.54, 1.807) is 12.1 Å². The molecule has 2 aromatic rings. The van der Waals surface area contributed by atoms with Gasteiger partial charge >= 0.3 is 6.18 Å². The summed E-state index contributed by atoms with van der Waals surface area (Å²) < 4.78 is 38.6. The number of aliphatic hydroxyl groups is 1. The maximum Gasteiger partial charge on any atom is 0.417 e. The number of anilines is 1. The lowest BCUT2D eigenvalue weighted by molar-refractivity contribution is -0.137. The molecule has 10 heteroatoms. The number of halogens is 3. The Hall–Kier alpha value is -2.98. The molecule has 0 fully saturated rings. The fraction of sp³-hybridized carbons (Fsp3) is 0.381. The van der Waals surface area contributed by atoms with Gasteiger partial charge in [-0.05, 0) is 35.2 Å². The monoisotopic (exact) mass is 436 g/mol. The lowest BCUT2D eigenvalue weighted by Crippen LogP contribution is -2.41. The Bertz CT molecular complexity index is 965. The lowest BCUT2D eigenvalue weighted by Gasteiger charge is -2.32. The van der Waals surface area contributed by atoms with Crippen molar-refractivity contribution in [3.63, 3.8) is 0 Å². The number of rotatable bonds is 6. The minimum atomic E-state index is -4.55. The van der Waals surface area contributed by atoms with Gasteiger partial charge in [-0.3, -0.25) is 19.5 Å². The van der Waals surface area contributed by atoms with E-state index in [9.17, 15) is 22.8 Å². The molecule has 31 heavy (non-hydrogen) atoms. The fourth-order valence-corrected chi connectivity index (χ4v) is 3.60. The number of nitrogens with one attached hydrogen (secondary N) is 2. The molecule has 2 amide bonds. The van der Waals surface area contributed by atoms with Crippen molar-refractivity contribution in [3.05, 3.63) is 58.9 Å². The molecule has 0 aliphatic carbocycles. The van der Waals surface area contributed by atoms with Crippen LogP contribution in [0.3, 0.4) is 0 Å². The van der Waals surface area contributed by atoms with Crippen molar-refractivity contribution in [1.29, 1.82) is 0 Å². The zero-order valence-electron chi connectivity index (χ0n) is 16.9. The van der Waals surface area contributed by atoms with Crippen LogP contribution in [0.4, 0.5) is 18.9 Å². The predicted molar refractivity (Wildman–Crippen MR) is 107 cm³/mol. The van der Waals surface area contributed by atoms with Crippen molar-refractivity contribution in [3.8, 4) is 0 Å². The molecule has 0 bridgehead atoms. The number of nitrogens with zero attached hydrogens (tertiary/aromatic N) is 2. The van der Waals surface area contributed by atoms with Crippen LogP contribution in [0.25, 0.3) is 0 Å². The van der Waals surface area contributed by atoms with E-state index in [2.05, 4.69) is 15.6 Å². The van der Waals surface area contributed by atoms with Gasteiger partial charge in [0.2, 0.25) is 5.91 Å². The average molecular weight is 436 g/mol. The van der Waals surface area contributed by atoms with Gasteiger partial charge < -0.3 is 15.7 Å². The molecular weight excluding hydrogens is 413 g/mol. The second kappa shape index (κ2) is 9.44. The molecule has 1 aromatic heterocycles. The molecule has 1 aromatic carbocycles. The number of aliphatic hydroxyl groups excluding tert-OH is 1. The summed E-state index contributed by atoms with van der Waals surface area (Å²) in [6.45, 7) is 3.36. The van der Waals surface area contributed by atoms with Crippen LogP contribution in [0.1, 0.15) is 39.9 Å². The number of alkyl halides is 3. The predicted octanol–water partition coefficient (Wildman–Crippen LogP) is 2.38. The molecule has 1 unspecified atom stereocenters. The maximum absolute atomic E-state index is 12.9. The van der Waals surface area contributed by atoms with Crippen molar-refractivity contribution in [2.45, 2.75) is 25.6 Å². The van der Waals surface area contributed by atoms with Gasteiger partial charge in [-0.1, -0.05) is 13.0 Å². The van der Waals surface area contributed by atoms with E-state index in [0.29, 0.717) is 24.8 Å². The summed E-state index contributed by atoms with van der Waals surface area (Å²) in [7, 11) is 0. The zero-order chi connectivity index (χ0) is 22.6. The highest BCUT2D eigenvalue weighted by Crippen LogP contribution is 2.31. The largest absolute Gasteiger partial charge is 0.417 e. The van der Waals surface area contributed by atoms with Gasteiger partial charge in [0.25, 0.3) is 5.91 Å². The van der Waals surface area contributed by atoms with Crippen molar-refractivity contribution in [2.75, 3.05) is 31.6 Å². The Morgan fingerprint density at radius 1 is 1.26 bits per heavy atom. The Balaban J connectivity index is 1.73. The number of fused-ring (bicyclic) bond motifs is 1. The van der Waals surface area contributed by atoms with Crippen LogP contribution >= 0.6 is 0 Å². The van der Waals surface area contributed by atoms with Gasteiger partial charge in [0.05, 0.1) is 30.6 Å². The lowest BCUT2D eigenvalue weighted by atomic mass is 9.89. The molecule has 2 heterocycles. The standard InChI is InChI=1S/C21H23F3N4O3/c1-13-10-28(12-19(30)26-4-5-29)11-15-6-14(2-3-18(13)15)20(31)27-17-7-16(8-25-9-17)21(22,23)24/h2-3,6-9,13,29H,4-5,10-12H2,1H3,(H,26,30)(H,27,31). The maximum atomic E-state index is 12.9. The molecule has 1 aliphatic heterocycles. The van der Waals surface area contributed by atoms with Crippen LogP contribution in [0, 0.1) is 0 Å². The van der Waals surface area contributed by atoms with Crippen molar-refractivity contribution in [2.24, 2.45) is 0 Å². The van der Waals surface area contributed by atoms with Gasteiger partial charge in [-0.25, -0.2) is 0 Å². The summed E-state index contributed by atoms with van der Waals surface area (Å²) in [5.41, 5.74) is 1.25. The topological polar surface area (TPSA) is 94.6 Å². The van der Waals surface area contributed by atoms with Crippen LogP contribution in [-0.2, 0) is 17.5 Å². The number of hydrogen-bond acceptors (Lipinski definition) is 5. The minimum Gasteiger partial charge on any atom is -0.395 e. The third-order valence-electron chi connectivity index (χ3n) is 4.99. The second-order valence-corrected chi connectivity index (χ2v) is 7.47. The van der Waals surface area contributed by atoms with Crippen LogP contribution in [0.2, 0.25) is 0 Å². The van der Waals surface area contributed by atoms with Crippen molar-refractivity contribution in [1.82, 2.24) is 15.2 Å². The Kier molecular flexibility index (Phi) is 6.91. The number of hydrogen-bond donors (Lipinski definition) is 3. The number of aromatic nitrogens is 1. The summed E-state index contributed by atoms with van der Waals surface area (Å²) >= 11 is 0.